The summed E-state index contributed by atoms with van der Waals surface area (Å²) in [6.07, 6.45) is 0. The monoisotopic (exact) mass is 205 g/mol. The molecule has 0 unspecified atom stereocenters. The Hall–Kier alpha value is -1.22. The standard InChI is InChI=1S/C11H11NOS/c1-7(2)11(13)8-3-4-9-10(5-8)14-6-12-9/h3-7H,1-2H3. The van der Waals surface area contributed by atoms with Crippen molar-refractivity contribution < 1.29 is 4.79 Å². The molecule has 0 fully saturated rings. The predicted molar refractivity (Wildman–Crippen MR) is 58.8 cm³/mol. The van der Waals surface area contributed by atoms with Gasteiger partial charge in [-0.15, -0.1) is 11.3 Å². The Balaban J connectivity index is 2.48. The maximum absolute atomic E-state index is 11.7. The first kappa shape index (κ1) is 9.34. The van der Waals surface area contributed by atoms with Crippen LogP contribution in [-0.2, 0) is 0 Å². The zero-order chi connectivity index (χ0) is 10.1. The van der Waals surface area contributed by atoms with Gasteiger partial charge in [-0.3, -0.25) is 4.79 Å². The van der Waals surface area contributed by atoms with Crippen molar-refractivity contribution in [3.8, 4) is 0 Å². The van der Waals surface area contributed by atoms with Gasteiger partial charge in [0.2, 0.25) is 0 Å². The van der Waals surface area contributed by atoms with Crippen molar-refractivity contribution in [3.63, 3.8) is 0 Å². The topological polar surface area (TPSA) is 30.0 Å². The molecule has 2 aromatic rings. The molecule has 0 saturated carbocycles. The highest BCUT2D eigenvalue weighted by atomic mass is 32.1. The van der Waals surface area contributed by atoms with Crippen LogP contribution in [0.15, 0.2) is 23.7 Å². The Bertz CT molecular complexity index is 473. The number of thiazole rings is 1. The van der Waals surface area contributed by atoms with Crippen molar-refractivity contribution in [2.45, 2.75) is 13.8 Å². The second kappa shape index (κ2) is 3.50. The van der Waals surface area contributed by atoms with Gasteiger partial charge in [0.1, 0.15) is 0 Å². The maximum atomic E-state index is 11.7. The third-order valence-electron chi connectivity index (χ3n) is 2.14. The van der Waals surface area contributed by atoms with E-state index < -0.39 is 0 Å². The van der Waals surface area contributed by atoms with Gasteiger partial charge in [-0.25, -0.2) is 4.98 Å². The molecule has 2 rings (SSSR count). The number of ketones is 1. The lowest BCUT2D eigenvalue weighted by Crippen LogP contribution is -2.06. The zero-order valence-corrected chi connectivity index (χ0v) is 8.97. The van der Waals surface area contributed by atoms with E-state index in [4.69, 9.17) is 0 Å². The second-order valence-corrected chi connectivity index (χ2v) is 4.44. The lowest BCUT2D eigenvalue weighted by atomic mass is 10.0. The lowest BCUT2D eigenvalue weighted by molar-refractivity contribution is 0.0939. The summed E-state index contributed by atoms with van der Waals surface area (Å²) in [6.45, 7) is 3.83. The van der Waals surface area contributed by atoms with Crippen LogP contribution in [0.3, 0.4) is 0 Å². The highest BCUT2D eigenvalue weighted by Crippen LogP contribution is 2.20. The number of carbonyl (C=O) groups is 1. The molecule has 2 nitrogen and oxygen atoms in total. The van der Waals surface area contributed by atoms with E-state index in [9.17, 15) is 4.79 Å². The minimum Gasteiger partial charge on any atom is -0.294 e. The first-order valence-corrected chi connectivity index (χ1v) is 5.44. The minimum absolute atomic E-state index is 0.0559. The van der Waals surface area contributed by atoms with E-state index in [2.05, 4.69) is 4.98 Å². The fraction of sp³-hybridized carbons (Fsp3) is 0.273. The van der Waals surface area contributed by atoms with Crippen LogP contribution < -0.4 is 0 Å². The summed E-state index contributed by atoms with van der Waals surface area (Å²) < 4.78 is 1.08. The molecular formula is C11H11NOS. The number of Topliss-reactive ketones (excluding diaryl/α,β-unsaturated/α-hetero) is 1. The molecule has 0 aliphatic heterocycles. The first-order valence-electron chi connectivity index (χ1n) is 4.56. The molecule has 0 radical (unpaired) electrons. The van der Waals surface area contributed by atoms with Crippen LogP contribution in [0, 0.1) is 5.92 Å². The number of aromatic nitrogens is 1. The van der Waals surface area contributed by atoms with Gasteiger partial charge in [-0.1, -0.05) is 13.8 Å². The summed E-state index contributed by atoms with van der Waals surface area (Å²) in [4.78, 5) is 15.9. The van der Waals surface area contributed by atoms with Crippen LogP contribution in [0.2, 0.25) is 0 Å². The third-order valence-corrected chi connectivity index (χ3v) is 2.93. The number of hydrogen-bond donors (Lipinski definition) is 0. The number of carbonyl (C=O) groups excluding carboxylic acids is 1. The molecule has 0 bridgehead atoms. The molecular weight excluding hydrogens is 194 g/mol. The Kier molecular flexibility index (Phi) is 2.33. The molecule has 0 N–H and O–H groups in total. The molecule has 0 spiro atoms. The summed E-state index contributed by atoms with van der Waals surface area (Å²) in [5, 5.41) is 0. The number of fused-ring (bicyclic) bond motifs is 1. The number of benzene rings is 1. The van der Waals surface area contributed by atoms with E-state index in [0.717, 1.165) is 15.8 Å². The lowest BCUT2D eigenvalue weighted by Gasteiger charge is -2.03. The molecule has 1 aromatic heterocycles. The zero-order valence-electron chi connectivity index (χ0n) is 8.15. The number of hydrogen-bond acceptors (Lipinski definition) is 3. The molecule has 0 amide bonds. The van der Waals surface area contributed by atoms with Crippen LogP contribution in [-0.4, -0.2) is 10.8 Å². The fourth-order valence-electron chi connectivity index (χ4n) is 1.34. The van der Waals surface area contributed by atoms with E-state index >= 15 is 0 Å². The average Bonchev–Trinajstić information content (AvgIpc) is 2.62. The maximum Gasteiger partial charge on any atom is 0.165 e. The van der Waals surface area contributed by atoms with Crippen molar-refractivity contribution in [2.24, 2.45) is 5.92 Å². The average molecular weight is 205 g/mol. The summed E-state index contributed by atoms with van der Waals surface area (Å²) in [5.74, 6) is 0.251. The number of nitrogens with zero attached hydrogens (tertiary/aromatic N) is 1. The van der Waals surface area contributed by atoms with Crippen molar-refractivity contribution >= 4 is 27.3 Å². The van der Waals surface area contributed by atoms with E-state index in [1.807, 2.05) is 32.0 Å². The molecule has 0 aliphatic rings. The van der Waals surface area contributed by atoms with Crippen molar-refractivity contribution in [1.82, 2.24) is 4.98 Å². The van der Waals surface area contributed by atoms with E-state index in [0.29, 0.717) is 0 Å². The third kappa shape index (κ3) is 1.55. The van der Waals surface area contributed by atoms with Crippen molar-refractivity contribution in [1.29, 1.82) is 0 Å². The summed E-state index contributed by atoms with van der Waals surface area (Å²) in [6, 6.07) is 5.68. The van der Waals surface area contributed by atoms with E-state index in [-0.39, 0.29) is 11.7 Å². The Morgan fingerprint density at radius 1 is 1.43 bits per heavy atom. The predicted octanol–water partition coefficient (Wildman–Crippen LogP) is 3.14. The van der Waals surface area contributed by atoms with Gasteiger partial charge in [-0.05, 0) is 18.2 Å². The molecule has 0 atom stereocenters. The summed E-state index contributed by atoms with van der Waals surface area (Å²) in [5.41, 5.74) is 3.56. The second-order valence-electron chi connectivity index (χ2n) is 3.55. The molecule has 1 heterocycles. The van der Waals surface area contributed by atoms with E-state index in [1.54, 1.807) is 16.8 Å². The number of rotatable bonds is 2. The van der Waals surface area contributed by atoms with Crippen LogP contribution in [0.5, 0.6) is 0 Å². The highest BCUT2D eigenvalue weighted by molar-refractivity contribution is 7.16. The van der Waals surface area contributed by atoms with Crippen LogP contribution >= 0.6 is 11.3 Å². The molecule has 14 heavy (non-hydrogen) atoms. The fourth-order valence-corrected chi connectivity index (χ4v) is 2.06. The van der Waals surface area contributed by atoms with Crippen molar-refractivity contribution in [2.75, 3.05) is 0 Å². The Labute approximate surface area is 86.6 Å². The van der Waals surface area contributed by atoms with Crippen molar-refractivity contribution in [3.05, 3.63) is 29.3 Å². The van der Waals surface area contributed by atoms with Gasteiger partial charge in [0.05, 0.1) is 15.7 Å². The molecule has 0 saturated heterocycles. The van der Waals surface area contributed by atoms with Crippen LogP contribution in [0.25, 0.3) is 10.2 Å². The SMILES string of the molecule is CC(C)C(=O)c1ccc2ncsc2c1. The smallest absolute Gasteiger partial charge is 0.165 e. The van der Waals surface area contributed by atoms with Gasteiger partial charge in [0.15, 0.2) is 5.78 Å². The van der Waals surface area contributed by atoms with Gasteiger partial charge < -0.3 is 0 Å². The van der Waals surface area contributed by atoms with Gasteiger partial charge >= 0.3 is 0 Å². The summed E-state index contributed by atoms with van der Waals surface area (Å²) in [7, 11) is 0. The highest BCUT2D eigenvalue weighted by Gasteiger charge is 2.10. The first-order chi connectivity index (χ1) is 6.68. The molecule has 72 valence electrons. The molecule has 1 aromatic carbocycles. The minimum atomic E-state index is 0.0559. The Morgan fingerprint density at radius 3 is 2.93 bits per heavy atom. The molecule has 0 aliphatic carbocycles. The van der Waals surface area contributed by atoms with Gasteiger partial charge in [-0.2, -0.15) is 0 Å². The summed E-state index contributed by atoms with van der Waals surface area (Å²) >= 11 is 1.57. The van der Waals surface area contributed by atoms with Crippen LogP contribution in [0.4, 0.5) is 0 Å². The van der Waals surface area contributed by atoms with Gasteiger partial charge in [0, 0.05) is 11.5 Å². The van der Waals surface area contributed by atoms with E-state index in [1.165, 1.54) is 0 Å². The Morgan fingerprint density at radius 2 is 2.21 bits per heavy atom. The van der Waals surface area contributed by atoms with Crippen LogP contribution in [0.1, 0.15) is 24.2 Å². The van der Waals surface area contributed by atoms with Gasteiger partial charge in [0.25, 0.3) is 0 Å². The normalized spacial score (nSPS) is 11.1. The largest absolute Gasteiger partial charge is 0.294 e. The quantitative estimate of drug-likeness (QED) is 0.705. The molecule has 3 heteroatoms.